The van der Waals surface area contributed by atoms with Gasteiger partial charge in [0.15, 0.2) is 5.69 Å². The highest BCUT2D eigenvalue weighted by atomic mass is 16.2. The molecule has 2 aromatic rings. The first-order valence-electron chi connectivity index (χ1n) is 7.54. The zero-order valence-electron chi connectivity index (χ0n) is 12.6. The molecule has 2 heterocycles. The van der Waals surface area contributed by atoms with Crippen molar-refractivity contribution in [2.24, 2.45) is 18.7 Å². The van der Waals surface area contributed by atoms with Gasteiger partial charge in [-0.3, -0.25) is 9.48 Å². The lowest BCUT2D eigenvalue weighted by Gasteiger charge is -2.34. The highest BCUT2D eigenvalue weighted by molar-refractivity contribution is 6.04. The van der Waals surface area contributed by atoms with Gasteiger partial charge in [0.05, 0.1) is 5.52 Å². The summed E-state index contributed by atoms with van der Waals surface area (Å²) in [5.41, 5.74) is 7.55. The van der Waals surface area contributed by atoms with Crippen LogP contribution in [0, 0.1) is 5.92 Å². The van der Waals surface area contributed by atoms with Crippen LogP contribution in [0.1, 0.15) is 30.3 Å². The number of nitrogens with zero attached hydrogens (tertiary/aromatic N) is 3. The number of fused-ring (bicyclic) bond motifs is 1. The quantitative estimate of drug-likeness (QED) is 0.915. The number of aromatic nitrogens is 2. The molecule has 5 nitrogen and oxygen atoms in total. The van der Waals surface area contributed by atoms with Crippen molar-refractivity contribution in [3.05, 3.63) is 30.0 Å². The minimum Gasteiger partial charge on any atom is -0.337 e. The molecule has 0 spiro atoms. The number of likely N-dealkylation sites (tertiary alicyclic amines) is 1. The predicted molar refractivity (Wildman–Crippen MR) is 83.0 cm³/mol. The molecule has 0 bridgehead atoms. The number of para-hydroxylation sites is 1. The molecule has 3 rings (SSSR count). The summed E-state index contributed by atoms with van der Waals surface area (Å²) in [6.45, 7) is 3.56. The molecule has 2 unspecified atom stereocenters. The molecule has 1 aromatic heterocycles. The summed E-state index contributed by atoms with van der Waals surface area (Å²) in [7, 11) is 1.88. The number of piperidine rings is 1. The highest BCUT2D eigenvalue weighted by Crippen LogP contribution is 2.23. The van der Waals surface area contributed by atoms with E-state index in [1.54, 1.807) is 4.68 Å². The van der Waals surface area contributed by atoms with E-state index in [2.05, 4.69) is 5.10 Å². The Kier molecular flexibility index (Phi) is 3.68. The number of hydrogen-bond donors (Lipinski definition) is 1. The molecular formula is C16H22N4O. The Morgan fingerprint density at radius 1 is 1.43 bits per heavy atom. The third-order valence-electron chi connectivity index (χ3n) is 4.45. The molecule has 2 atom stereocenters. The van der Waals surface area contributed by atoms with Gasteiger partial charge in [0.2, 0.25) is 0 Å². The fourth-order valence-corrected chi connectivity index (χ4v) is 3.15. The largest absolute Gasteiger partial charge is 0.337 e. The summed E-state index contributed by atoms with van der Waals surface area (Å²) in [6.07, 6.45) is 2.12. The zero-order chi connectivity index (χ0) is 15.0. The number of aryl methyl sites for hydroxylation is 1. The van der Waals surface area contributed by atoms with Crippen molar-refractivity contribution in [3.8, 4) is 0 Å². The van der Waals surface area contributed by atoms with E-state index in [9.17, 15) is 4.79 Å². The minimum absolute atomic E-state index is 0.0251. The third-order valence-corrected chi connectivity index (χ3v) is 4.45. The molecule has 0 radical (unpaired) electrons. The van der Waals surface area contributed by atoms with Gasteiger partial charge < -0.3 is 10.6 Å². The van der Waals surface area contributed by atoms with Crippen molar-refractivity contribution in [3.63, 3.8) is 0 Å². The second-order valence-corrected chi connectivity index (χ2v) is 6.00. The molecular weight excluding hydrogens is 264 g/mol. The third kappa shape index (κ3) is 2.53. The van der Waals surface area contributed by atoms with Gasteiger partial charge in [0.1, 0.15) is 0 Å². The van der Waals surface area contributed by atoms with E-state index in [1.807, 2.05) is 43.1 Å². The number of benzene rings is 1. The summed E-state index contributed by atoms with van der Waals surface area (Å²) in [4.78, 5) is 14.7. The smallest absolute Gasteiger partial charge is 0.275 e. The Morgan fingerprint density at radius 3 is 2.95 bits per heavy atom. The van der Waals surface area contributed by atoms with Crippen molar-refractivity contribution < 1.29 is 4.79 Å². The number of rotatable bonds is 2. The molecule has 2 N–H and O–H groups in total. The van der Waals surface area contributed by atoms with Gasteiger partial charge in [0.25, 0.3) is 5.91 Å². The molecule has 1 fully saturated rings. The lowest BCUT2D eigenvalue weighted by atomic mass is 9.92. The van der Waals surface area contributed by atoms with Crippen LogP contribution in [0.5, 0.6) is 0 Å². The van der Waals surface area contributed by atoms with Crippen molar-refractivity contribution in [1.29, 1.82) is 0 Å². The maximum atomic E-state index is 12.8. The van der Waals surface area contributed by atoms with Crippen LogP contribution in [-0.2, 0) is 7.05 Å². The Morgan fingerprint density at radius 2 is 2.19 bits per heavy atom. The molecule has 1 aliphatic heterocycles. The van der Waals surface area contributed by atoms with Crippen molar-refractivity contribution in [2.75, 3.05) is 13.1 Å². The van der Waals surface area contributed by atoms with Crippen LogP contribution in [0.3, 0.4) is 0 Å². The summed E-state index contributed by atoms with van der Waals surface area (Å²) >= 11 is 0. The second kappa shape index (κ2) is 5.48. The normalized spacial score (nSPS) is 20.7. The van der Waals surface area contributed by atoms with E-state index in [1.165, 1.54) is 0 Å². The lowest BCUT2D eigenvalue weighted by Crippen LogP contribution is -2.45. The molecule has 1 aromatic carbocycles. The van der Waals surface area contributed by atoms with Crippen LogP contribution in [-0.4, -0.2) is 39.7 Å². The zero-order valence-corrected chi connectivity index (χ0v) is 12.6. The Balaban J connectivity index is 1.90. The molecule has 1 aliphatic rings. The SMILES string of the molecule is CC(N)C1CCCN(C(=O)c2nn(C)c3ccccc23)C1. The van der Waals surface area contributed by atoms with Crippen molar-refractivity contribution in [1.82, 2.24) is 14.7 Å². The van der Waals surface area contributed by atoms with Gasteiger partial charge >= 0.3 is 0 Å². The van der Waals surface area contributed by atoms with Gasteiger partial charge in [-0.1, -0.05) is 18.2 Å². The fourth-order valence-electron chi connectivity index (χ4n) is 3.15. The van der Waals surface area contributed by atoms with Gasteiger partial charge in [-0.05, 0) is 31.7 Å². The van der Waals surface area contributed by atoms with Crippen molar-refractivity contribution >= 4 is 16.8 Å². The first-order valence-corrected chi connectivity index (χ1v) is 7.54. The molecule has 112 valence electrons. The fraction of sp³-hybridized carbons (Fsp3) is 0.500. The first kappa shape index (κ1) is 14.1. The van der Waals surface area contributed by atoms with Crippen LogP contribution in [0.4, 0.5) is 0 Å². The van der Waals surface area contributed by atoms with Gasteiger partial charge in [-0.2, -0.15) is 5.10 Å². The number of amides is 1. The van der Waals surface area contributed by atoms with Gasteiger partial charge in [-0.25, -0.2) is 0 Å². The lowest BCUT2D eigenvalue weighted by molar-refractivity contribution is 0.0656. The molecule has 5 heteroatoms. The second-order valence-electron chi connectivity index (χ2n) is 6.00. The summed E-state index contributed by atoms with van der Waals surface area (Å²) in [6, 6.07) is 7.98. The Labute approximate surface area is 124 Å². The van der Waals surface area contributed by atoms with Crippen LogP contribution in [0.15, 0.2) is 24.3 Å². The highest BCUT2D eigenvalue weighted by Gasteiger charge is 2.28. The number of nitrogens with two attached hydrogens (primary N) is 1. The van der Waals surface area contributed by atoms with E-state index in [0.29, 0.717) is 11.6 Å². The number of carbonyl (C=O) groups is 1. The minimum atomic E-state index is 0.0251. The van der Waals surface area contributed by atoms with E-state index >= 15 is 0 Å². The Hall–Kier alpha value is -1.88. The summed E-state index contributed by atoms with van der Waals surface area (Å²) < 4.78 is 1.77. The van der Waals surface area contributed by atoms with Crippen molar-refractivity contribution in [2.45, 2.75) is 25.8 Å². The Bertz CT molecular complexity index is 661. The van der Waals surface area contributed by atoms with E-state index in [-0.39, 0.29) is 11.9 Å². The van der Waals surface area contributed by atoms with Crippen LogP contribution in [0.2, 0.25) is 0 Å². The number of hydrogen-bond acceptors (Lipinski definition) is 3. The van der Waals surface area contributed by atoms with Crippen LogP contribution < -0.4 is 5.73 Å². The monoisotopic (exact) mass is 286 g/mol. The topological polar surface area (TPSA) is 64.2 Å². The summed E-state index contributed by atoms with van der Waals surface area (Å²) in [5.74, 6) is 0.412. The van der Waals surface area contributed by atoms with Gasteiger partial charge in [0, 0.05) is 31.6 Å². The maximum Gasteiger partial charge on any atom is 0.275 e. The molecule has 1 saturated heterocycles. The van der Waals surface area contributed by atoms with E-state index in [0.717, 1.165) is 36.8 Å². The molecule has 0 saturated carbocycles. The molecule has 21 heavy (non-hydrogen) atoms. The van der Waals surface area contributed by atoms with Crippen LogP contribution >= 0.6 is 0 Å². The molecule has 1 amide bonds. The molecule has 0 aliphatic carbocycles. The van der Waals surface area contributed by atoms with Crippen LogP contribution in [0.25, 0.3) is 10.9 Å². The summed E-state index contributed by atoms with van der Waals surface area (Å²) in [5, 5.41) is 5.35. The van der Waals surface area contributed by atoms with Gasteiger partial charge in [-0.15, -0.1) is 0 Å². The van der Waals surface area contributed by atoms with E-state index < -0.39 is 0 Å². The standard InChI is InChI=1S/C16H22N4O/c1-11(17)12-6-5-9-20(10-12)16(21)15-13-7-3-4-8-14(13)19(2)18-15/h3-4,7-8,11-12H,5-6,9-10,17H2,1-2H3. The average Bonchev–Trinajstić information content (AvgIpc) is 2.84. The average molecular weight is 286 g/mol. The predicted octanol–water partition coefficient (Wildman–Crippen LogP) is 1.77. The first-order chi connectivity index (χ1) is 10.1. The maximum absolute atomic E-state index is 12.8. The van der Waals surface area contributed by atoms with E-state index in [4.69, 9.17) is 5.73 Å². The number of carbonyl (C=O) groups excluding carboxylic acids is 1.